The van der Waals surface area contributed by atoms with Gasteiger partial charge in [0.1, 0.15) is 0 Å². The van der Waals surface area contributed by atoms with Gasteiger partial charge in [0.2, 0.25) is 0 Å². The lowest BCUT2D eigenvalue weighted by Crippen LogP contribution is -2.17. The van der Waals surface area contributed by atoms with Crippen LogP contribution in [0.15, 0.2) is 243 Å². The van der Waals surface area contributed by atoms with E-state index in [0.29, 0.717) is 0 Å². The molecule has 0 spiro atoms. The summed E-state index contributed by atoms with van der Waals surface area (Å²) >= 11 is 0. The molecular formula is C63H46N2. The highest BCUT2D eigenvalue weighted by atomic mass is 15.1. The Kier molecular flexibility index (Phi) is 9.21. The van der Waals surface area contributed by atoms with E-state index in [9.17, 15) is 0 Å². The van der Waals surface area contributed by atoms with E-state index in [4.69, 9.17) is 0 Å². The topological polar surface area (TPSA) is 8.17 Å². The van der Waals surface area contributed by atoms with Gasteiger partial charge in [0.15, 0.2) is 0 Å². The van der Waals surface area contributed by atoms with Gasteiger partial charge in [0.25, 0.3) is 0 Å². The van der Waals surface area contributed by atoms with E-state index >= 15 is 0 Å². The third-order valence-electron chi connectivity index (χ3n) is 13.6. The molecule has 1 aliphatic rings. The summed E-state index contributed by atoms with van der Waals surface area (Å²) in [6.07, 6.45) is 0. The standard InChI is InChI=1S/C63H46N2/c1-63(2)59-41-53(35-37-55(59)56-38-36-54(42-60(56)63)65-61-25-11-9-23-57(61)58-24-10-12-26-62(58)65)64(51-33-31-47(32-34-51)46-29-27-45(28-30-46)43-15-5-3-6-16-43)52-22-14-21-50(40-52)49-20-13-19-48(39-49)44-17-7-4-8-18-44/h3-42H,1-2H3. The lowest BCUT2D eigenvalue weighted by Gasteiger charge is -2.28. The highest BCUT2D eigenvalue weighted by Gasteiger charge is 2.36. The zero-order valence-corrected chi connectivity index (χ0v) is 36.5. The summed E-state index contributed by atoms with van der Waals surface area (Å²) in [5, 5.41) is 2.55. The molecule has 11 aromatic rings. The number of anilines is 3. The average molecular weight is 831 g/mol. The minimum Gasteiger partial charge on any atom is -0.310 e. The molecule has 0 saturated heterocycles. The first-order chi connectivity index (χ1) is 32.0. The molecule has 0 saturated carbocycles. The molecule has 0 radical (unpaired) electrons. The zero-order valence-electron chi connectivity index (χ0n) is 36.5. The van der Waals surface area contributed by atoms with Gasteiger partial charge in [-0.2, -0.15) is 0 Å². The van der Waals surface area contributed by atoms with Crippen LogP contribution in [0.5, 0.6) is 0 Å². The fourth-order valence-corrected chi connectivity index (χ4v) is 10.3. The summed E-state index contributed by atoms with van der Waals surface area (Å²) in [6.45, 7) is 4.78. The normalized spacial score (nSPS) is 12.6. The van der Waals surface area contributed by atoms with Crippen molar-refractivity contribution in [3.8, 4) is 61.3 Å². The fourth-order valence-electron chi connectivity index (χ4n) is 10.3. The number of para-hydroxylation sites is 2. The molecule has 0 atom stereocenters. The molecule has 2 nitrogen and oxygen atoms in total. The van der Waals surface area contributed by atoms with Crippen molar-refractivity contribution >= 4 is 38.9 Å². The van der Waals surface area contributed by atoms with Crippen LogP contribution in [0.4, 0.5) is 17.1 Å². The molecule has 1 heterocycles. The Labute approximate surface area is 381 Å². The number of benzene rings is 10. The predicted octanol–water partition coefficient (Wildman–Crippen LogP) is 17.2. The Morgan fingerprint density at radius 2 is 0.723 bits per heavy atom. The monoisotopic (exact) mass is 830 g/mol. The van der Waals surface area contributed by atoms with Crippen LogP contribution in [0, 0.1) is 0 Å². The van der Waals surface area contributed by atoms with Gasteiger partial charge in [-0.1, -0.05) is 190 Å². The van der Waals surface area contributed by atoms with E-state index in [1.807, 2.05) is 0 Å². The molecule has 308 valence electrons. The van der Waals surface area contributed by atoms with Crippen LogP contribution in [0.3, 0.4) is 0 Å². The fraction of sp³-hybridized carbons (Fsp3) is 0.0476. The second-order valence-electron chi connectivity index (χ2n) is 17.8. The maximum Gasteiger partial charge on any atom is 0.0541 e. The Morgan fingerprint density at radius 1 is 0.308 bits per heavy atom. The van der Waals surface area contributed by atoms with Crippen molar-refractivity contribution in [2.24, 2.45) is 0 Å². The number of nitrogens with zero attached hydrogens (tertiary/aromatic N) is 2. The summed E-state index contributed by atoms with van der Waals surface area (Å²) in [5.41, 5.74) is 21.6. The van der Waals surface area contributed by atoms with Gasteiger partial charge in [0.05, 0.1) is 11.0 Å². The first-order valence-electron chi connectivity index (χ1n) is 22.6. The highest BCUT2D eigenvalue weighted by Crippen LogP contribution is 2.52. The molecule has 1 aromatic heterocycles. The van der Waals surface area contributed by atoms with Crippen molar-refractivity contribution in [1.82, 2.24) is 4.57 Å². The number of hydrogen-bond acceptors (Lipinski definition) is 1. The first-order valence-corrected chi connectivity index (χ1v) is 22.6. The van der Waals surface area contributed by atoms with E-state index in [1.165, 1.54) is 94.3 Å². The molecule has 10 aromatic carbocycles. The van der Waals surface area contributed by atoms with Gasteiger partial charge >= 0.3 is 0 Å². The van der Waals surface area contributed by atoms with Gasteiger partial charge in [-0.15, -0.1) is 0 Å². The van der Waals surface area contributed by atoms with Crippen LogP contribution in [-0.4, -0.2) is 4.57 Å². The van der Waals surface area contributed by atoms with E-state index < -0.39 is 0 Å². The predicted molar refractivity (Wildman–Crippen MR) is 275 cm³/mol. The van der Waals surface area contributed by atoms with Crippen LogP contribution < -0.4 is 4.90 Å². The Morgan fingerprint density at radius 3 is 1.34 bits per heavy atom. The molecule has 65 heavy (non-hydrogen) atoms. The molecular weight excluding hydrogens is 785 g/mol. The molecule has 1 aliphatic carbocycles. The molecule has 0 amide bonds. The molecule has 0 fully saturated rings. The van der Waals surface area contributed by atoms with Crippen LogP contribution in [0.25, 0.3) is 83.1 Å². The minimum atomic E-state index is -0.239. The third kappa shape index (κ3) is 6.65. The van der Waals surface area contributed by atoms with E-state index in [1.54, 1.807) is 0 Å². The number of aromatic nitrogens is 1. The van der Waals surface area contributed by atoms with E-state index in [-0.39, 0.29) is 5.41 Å². The van der Waals surface area contributed by atoms with Crippen molar-refractivity contribution in [2.45, 2.75) is 19.3 Å². The summed E-state index contributed by atoms with van der Waals surface area (Å²) in [4.78, 5) is 2.43. The SMILES string of the molecule is CC1(C)c2cc(N(c3ccc(-c4ccc(-c5ccccc5)cc4)cc3)c3cccc(-c4cccc(-c5ccccc5)c4)c3)ccc2-c2ccc(-n3c4ccccc4c4ccccc43)cc21. The number of hydrogen-bond donors (Lipinski definition) is 0. The van der Waals surface area contributed by atoms with Gasteiger partial charge in [-0.05, 0) is 133 Å². The van der Waals surface area contributed by atoms with E-state index in [2.05, 4.69) is 266 Å². The molecule has 0 bridgehead atoms. The Bertz CT molecular complexity index is 3490. The van der Waals surface area contributed by atoms with Crippen molar-refractivity contribution in [1.29, 1.82) is 0 Å². The lowest BCUT2D eigenvalue weighted by atomic mass is 9.82. The Hall–Kier alpha value is -8.20. The molecule has 0 aliphatic heterocycles. The minimum absolute atomic E-state index is 0.239. The van der Waals surface area contributed by atoms with Crippen LogP contribution in [-0.2, 0) is 5.41 Å². The highest BCUT2D eigenvalue weighted by molar-refractivity contribution is 6.09. The summed E-state index contributed by atoms with van der Waals surface area (Å²) in [5.74, 6) is 0. The average Bonchev–Trinajstić information content (AvgIpc) is 3.82. The summed E-state index contributed by atoms with van der Waals surface area (Å²) in [7, 11) is 0. The largest absolute Gasteiger partial charge is 0.310 e. The van der Waals surface area contributed by atoms with Gasteiger partial charge in [0, 0.05) is 38.9 Å². The summed E-state index contributed by atoms with van der Waals surface area (Å²) in [6, 6.07) is 88.8. The number of fused-ring (bicyclic) bond motifs is 6. The zero-order chi connectivity index (χ0) is 43.5. The van der Waals surface area contributed by atoms with Gasteiger partial charge < -0.3 is 9.47 Å². The second-order valence-corrected chi connectivity index (χ2v) is 17.8. The summed E-state index contributed by atoms with van der Waals surface area (Å²) < 4.78 is 2.43. The van der Waals surface area contributed by atoms with Crippen molar-refractivity contribution in [3.63, 3.8) is 0 Å². The quantitative estimate of drug-likeness (QED) is 0.148. The second kappa shape index (κ2) is 15.6. The lowest BCUT2D eigenvalue weighted by molar-refractivity contribution is 0.660. The van der Waals surface area contributed by atoms with Gasteiger partial charge in [-0.25, -0.2) is 0 Å². The molecule has 0 unspecified atom stereocenters. The van der Waals surface area contributed by atoms with Crippen LogP contribution >= 0.6 is 0 Å². The molecule has 0 N–H and O–H groups in total. The van der Waals surface area contributed by atoms with Gasteiger partial charge in [-0.3, -0.25) is 0 Å². The van der Waals surface area contributed by atoms with Crippen LogP contribution in [0.1, 0.15) is 25.0 Å². The first kappa shape index (κ1) is 38.5. The van der Waals surface area contributed by atoms with Crippen LogP contribution in [0.2, 0.25) is 0 Å². The van der Waals surface area contributed by atoms with Crippen molar-refractivity contribution in [3.05, 3.63) is 254 Å². The number of rotatable bonds is 8. The van der Waals surface area contributed by atoms with E-state index in [0.717, 1.165) is 17.1 Å². The smallest absolute Gasteiger partial charge is 0.0541 e. The third-order valence-corrected chi connectivity index (χ3v) is 13.6. The van der Waals surface area contributed by atoms with Crippen molar-refractivity contribution < 1.29 is 0 Å². The molecule has 12 rings (SSSR count). The maximum absolute atomic E-state index is 2.44. The molecule has 2 heteroatoms. The maximum atomic E-state index is 2.44. The van der Waals surface area contributed by atoms with Crippen molar-refractivity contribution in [2.75, 3.05) is 4.90 Å². The Balaban J connectivity index is 0.950.